The molecular formula is C47H49ClFN9O5. The third kappa shape index (κ3) is 8.41. The Balaban J connectivity index is 0.862. The molecule has 0 saturated carbocycles. The Hall–Kier alpha value is -6.48. The summed E-state index contributed by atoms with van der Waals surface area (Å²) in [6.07, 6.45) is 8.55. The highest BCUT2D eigenvalue weighted by Gasteiger charge is 2.38. The molecule has 4 aliphatic rings. The quantitative estimate of drug-likeness (QED) is 0.160. The topological polar surface area (TPSA) is 147 Å². The number of urea groups is 1. The summed E-state index contributed by atoms with van der Waals surface area (Å²) in [7, 11) is 3.32. The second-order valence-corrected chi connectivity index (χ2v) is 17.5. The molecule has 3 saturated heterocycles. The number of hydrogen-bond donors (Lipinski definition) is 2. The van der Waals surface area contributed by atoms with Crippen LogP contribution in [0.15, 0.2) is 79.1 Å². The third-order valence-corrected chi connectivity index (χ3v) is 13.3. The van der Waals surface area contributed by atoms with Gasteiger partial charge in [0.25, 0.3) is 11.8 Å². The summed E-state index contributed by atoms with van der Waals surface area (Å²) in [5.41, 5.74) is 5.29. The minimum absolute atomic E-state index is 0.0165. The molecule has 3 aromatic carbocycles. The van der Waals surface area contributed by atoms with E-state index in [4.69, 9.17) is 11.6 Å². The van der Waals surface area contributed by atoms with Gasteiger partial charge in [0.2, 0.25) is 11.8 Å². The maximum atomic E-state index is 16.6. The smallest absolute Gasteiger partial charge is 0.328 e. The number of piperidine rings is 1. The van der Waals surface area contributed by atoms with E-state index >= 15 is 4.39 Å². The Morgan fingerprint density at radius 3 is 2.41 bits per heavy atom. The second-order valence-electron chi connectivity index (χ2n) is 17.1. The van der Waals surface area contributed by atoms with Crippen LogP contribution in [0.25, 0.3) is 27.6 Å². The van der Waals surface area contributed by atoms with Crippen LogP contribution >= 0.6 is 11.6 Å². The van der Waals surface area contributed by atoms with Crippen LogP contribution in [0.1, 0.15) is 58.5 Å². The van der Waals surface area contributed by atoms with Crippen molar-refractivity contribution in [2.75, 3.05) is 69.7 Å². The molecule has 6 amide bonds. The molecule has 0 bridgehead atoms. The second kappa shape index (κ2) is 17.4. The lowest BCUT2D eigenvalue weighted by Crippen LogP contribution is -2.54. The van der Waals surface area contributed by atoms with Gasteiger partial charge in [-0.3, -0.25) is 34.1 Å². The first-order valence-corrected chi connectivity index (χ1v) is 21.9. The zero-order valence-electron chi connectivity index (χ0n) is 35.3. The van der Waals surface area contributed by atoms with Crippen molar-refractivity contribution in [2.45, 2.75) is 38.6 Å². The monoisotopic (exact) mass is 873 g/mol. The molecule has 6 heterocycles. The average molecular weight is 874 g/mol. The average Bonchev–Trinajstić information content (AvgIpc) is 3.97. The zero-order valence-corrected chi connectivity index (χ0v) is 36.0. The number of fused-ring (bicyclic) bond motifs is 1. The lowest BCUT2D eigenvalue weighted by atomic mass is 9.79. The van der Waals surface area contributed by atoms with Gasteiger partial charge in [0.1, 0.15) is 5.69 Å². The van der Waals surface area contributed by atoms with E-state index in [1.165, 1.54) is 9.80 Å². The normalized spacial score (nSPS) is 17.5. The van der Waals surface area contributed by atoms with Gasteiger partial charge in [-0.15, -0.1) is 0 Å². The summed E-state index contributed by atoms with van der Waals surface area (Å²) in [6.45, 7) is 4.58. The van der Waals surface area contributed by atoms with Crippen molar-refractivity contribution < 1.29 is 28.4 Å². The fraction of sp³-hybridized carbons (Fsp3) is 0.362. The van der Waals surface area contributed by atoms with Crippen LogP contribution in [0, 0.1) is 17.7 Å². The van der Waals surface area contributed by atoms with Crippen LogP contribution in [-0.2, 0) is 16.1 Å². The molecule has 0 radical (unpaired) electrons. The van der Waals surface area contributed by atoms with E-state index in [2.05, 4.69) is 32.4 Å². The number of H-pyrrole nitrogens is 1. The van der Waals surface area contributed by atoms with Gasteiger partial charge in [-0.2, -0.15) is 5.10 Å². The number of imide groups is 1. The van der Waals surface area contributed by atoms with Crippen molar-refractivity contribution in [3.8, 4) is 11.1 Å². The van der Waals surface area contributed by atoms with Crippen molar-refractivity contribution in [1.29, 1.82) is 0 Å². The zero-order chi connectivity index (χ0) is 43.9. The highest BCUT2D eigenvalue weighted by Crippen LogP contribution is 2.39. The fourth-order valence-corrected chi connectivity index (χ4v) is 9.55. The maximum absolute atomic E-state index is 16.6. The maximum Gasteiger partial charge on any atom is 0.328 e. The van der Waals surface area contributed by atoms with E-state index in [1.807, 2.05) is 41.4 Å². The molecule has 326 valence electrons. The lowest BCUT2D eigenvalue weighted by molar-refractivity contribution is -0.131. The predicted octanol–water partition coefficient (Wildman–Crippen LogP) is 6.67. The molecule has 3 fully saturated rings. The van der Waals surface area contributed by atoms with Crippen molar-refractivity contribution in [1.82, 2.24) is 34.8 Å². The Kier molecular flexibility index (Phi) is 11.5. The standard InChI is InChI=1S/C47H49ClFN9O5/c1-53(2)46(62)39-25-37-35(24-36(43(49)44(37)51-39)32-5-3-17-55(26-32)42(60)15-21-57-18-4-16-50-57)30-6-9-34(10-7-30)54-19-12-29(13-20-54)33-27-56(28-33)45(61)31-8-11-38(48)40(23-31)58-22-14-41(59)52-47(58)63/h4-11,16,18,23-25,29,33,51H,3,12-15,17,19-22,26-28H2,1-2H3,(H,52,59,63). The molecule has 0 aliphatic carbocycles. The molecule has 2 aromatic heterocycles. The highest BCUT2D eigenvalue weighted by molar-refractivity contribution is 6.34. The van der Waals surface area contributed by atoms with Crippen LogP contribution in [0.4, 0.5) is 20.6 Å². The number of likely N-dealkylation sites (tertiary alicyclic amines) is 1. The molecule has 63 heavy (non-hydrogen) atoms. The van der Waals surface area contributed by atoms with Gasteiger partial charge < -0.3 is 24.6 Å². The predicted molar refractivity (Wildman–Crippen MR) is 239 cm³/mol. The molecule has 2 N–H and O–H groups in total. The van der Waals surface area contributed by atoms with Crippen molar-refractivity contribution in [3.05, 3.63) is 107 Å². The summed E-state index contributed by atoms with van der Waals surface area (Å²) in [5.74, 6) is -0.293. The van der Waals surface area contributed by atoms with Gasteiger partial charge in [-0.05, 0) is 96.3 Å². The summed E-state index contributed by atoms with van der Waals surface area (Å²) < 4.78 is 18.3. The molecule has 9 rings (SSSR count). The third-order valence-electron chi connectivity index (χ3n) is 12.9. The summed E-state index contributed by atoms with van der Waals surface area (Å²) >= 11 is 6.41. The number of benzene rings is 3. The molecule has 14 nitrogen and oxygen atoms in total. The summed E-state index contributed by atoms with van der Waals surface area (Å²) in [4.78, 5) is 75.9. The number of aromatic nitrogens is 3. The largest absolute Gasteiger partial charge is 0.372 e. The molecule has 4 aliphatic heterocycles. The van der Waals surface area contributed by atoms with E-state index in [1.54, 1.807) is 54.1 Å². The van der Waals surface area contributed by atoms with Crippen LogP contribution < -0.4 is 15.1 Å². The van der Waals surface area contributed by atoms with Gasteiger partial charge in [-0.25, -0.2) is 9.18 Å². The number of amides is 6. The molecule has 0 spiro atoms. The van der Waals surface area contributed by atoms with E-state index in [-0.39, 0.29) is 48.7 Å². The van der Waals surface area contributed by atoms with E-state index in [0.29, 0.717) is 83.8 Å². The van der Waals surface area contributed by atoms with Gasteiger partial charge >= 0.3 is 6.03 Å². The van der Waals surface area contributed by atoms with E-state index in [9.17, 15) is 24.0 Å². The number of aryl methyl sites for hydroxylation is 1. The lowest BCUT2D eigenvalue weighted by Gasteiger charge is -2.46. The molecule has 0 unspecified atom stereocenters. The number of aromatic amines is 1. The minimum Gasteiger partial charge on any atom is -0.372 e. The van der Waals surface area contributed by atoms with E-state index in [0.717, 1.165) is 48.3 Å². The number of nitrogens with one attached hydrogen (secondary N) is 2. The molecule has 16 heteroatoms. The van der Waals surface area contributed by atoms with Crippen LogP contribution in [0.5, 0.6) is 0 Å². The van der Waals surface area contributed by atoms with Crippen molar-refractivity contribution in [2.24, 2.45) is 11.8 Å². The summed E-state index contributed by atoms with van der Waals surface area (Å²) in [5, 5.41) is 7.45. The van der Waals surface area contributed by atoms with Crippen molar-refractivity contribution in [3.63, 3.8) is 0 Å². The molecule has 5 aromatic rings. The number of carbonyl (C=O) groups is 5. The fourth-order valence-electron chi connectivity index (χ4n) is 9.33. The first kappa shape index (κ1) is 41.9. The first-order valence-electron chi connectivity index (χ1n) is 21.5. The highest BCUT2D eigenvalue weighted by atomic mass is 35.5. The minimum atomic E-state index is -0.550. The Labute approximate surface area is 369 Å². The van der Waals surface area contributed by atoms with E-state index < -0.39 is 11.8 Å². The van der Waals surface area contributed by atoms with Gasteiger partial charge in [0.15, 0.2) is 5.82 Å². The van der Waals surface area contributed by atoms with Gasteiger partial charge in [0.05, 0.1) is 16.2 Å². The number of halogens is 2. The number of carbonyl (C=O) groups excluding carboxylic acids is 5. The number of rotatable bonds is 10. The number of hydrogen-bond acceptors (Lipinski definition) is 7. The Morgan fingerprint density at radius 2 is 1.70 bits per heavy atom. The van der Waals surface area contributed by atoms with Crippen LogP contribution in [-0.4, -0.2) is 119 Å². The SMILES string of the molecule is CN(C)C(=O)c1cc2c(-c3ccc(N4CCC(C5CN(C(=O)c6ccc(Cl)c(N7CCC(=O)NC7=O)c6)C5)CC4)cc3)cc(C3=CCCN(C(=O)CCn4cccn4)C3)c(F)c2[nH]1. The molecular weight excluding hydrogens is 825 g/mol. The van der Waals surface area contributed by atoms with Crippen LogP contribution in [0.3, 0.4) is 0 Å². The number of anilines is 2. The van der Waals surface area contributed by atoms with Crippen LogP contribution in [0.2, 0.25) is 5.02 Å². The number of nitrogens with zero attached hydrogens (tertiary/aromatic N) is 7. The first-order chi connectivity index (χ1) is 30.4. The molecule has 0 atom stereocenters. The summed E-state index contributed by atoms with van der Waals surface area (Å²) in [6, 6.07) is 18.1. The Morgan fingerprint density at radius 1 is 0.921 bits per heavy atom. The Bertz CT molecular complexity index is 2630. The van der Waals surface area contributed by atoms with Gasteiger partial charge in [-0.1, -0.05) is 29.8 Å². The van der Waals surface area contributed by atoms with Crippen molar-refractivity contribution >= 4 is 69.1 Å². The van der Waals surface area contributed by atoms with Gasteiger partial charge in [0, 0.05) is 114 Å².